The summed E-state index contributed by atoms with van der Waals surface area (Å²) < 4.78 is 5.53. The van der Waals surface area contributed by atoms with Crippen LogP contribution in [0.2, 0.25) is 0 Å². The number of likely N-dealkylation sites (N-methyl/N-ethyl adjacent to an activating group) is 1. The van der Waals surface area contributed by atoms with E-state index < -0.39 is 0 Å². The average molecular weight is 405 g/mol. The molecule has 2 aromatic carbocycles. The molecule has 2 amide bonds. The molecule has 2 heterocycles. The summed E-state index contributed by atoms with van der Waals surface area (Å²) in [6, 6.07) is 16.7. The van der Waals surface area contributed by atoms with Gasteiger partial charge in [-0.15, -0.1) is 0 Å². The van der Waals surface area contributed by atoms with Crippen LogP contribution in [0, 0.1) is 0 Å². The van der Waals surface area contributed by atoms with Gasteiger partial charge in [-0.3, -0.25) is 9.59 Å². The van der Waals surface area contributed by atoms with Gasteiger partial charge in [-0.1, -0.05) is 36.4 Å². The molecule has 1 saturated heterocycles. The minimum atomic E-state index is -0.314. The van der Waals surface area contributed by atoms with Crippen molar-refractivity contribution in [1.82, 2.24) is 9.80 Å². The number of piperidine rings is 1. The molecule has 0 bridgehead atoms. The fourth-order valence-corrected chi connectivity index (χ4v) is 4.32. The third-order valence-corrected chi connectivity index (χ3v) is 6.04. The minimum Gasteiger partial charge on any atom is -0.496 e. The van der Waals surface area contributed by atoms with Gasteiger partial charge in [0, 0.05) is 18.7 Å². The second-order valence-corrected chi connectivity index (χ2v) is 7.85. The molecule has 0 aromatic heterocycles. The molecule has 30 heavy (non-hydrogen) atoms. The van der Waals surface area contributed by atoms with E-state index in [1.54, 1.807) is 19.2 Å². The number of benzene rings is 2. The van der Waals surface area contributed by atoms with Crippen LogP contribution < -0.4 is 9.64 Å². The highest BCUT2D eigenvalue weighted by Gasteiger charge is 2.44. The minimum absolute atomic E-state index is 0.202. The summed E-state index contributed by atoms with van der Waals surface area (Å²) in [5.41, 5.74) is 2.07. The van der Waals surface area contributed by atoms with Gasteiger partial charge in [0.2, 0.25) is 0 Å². The number of methoxy groups -OCH3 is 1. The van der Waals surface area contributed by atoms with Crippen LogP contribution in [0.15, 0.2) is 60.3 Å². The summed E-state index contributed by atoms with van der Waals surface area (Å²) in [7, 11) is 5.62. The molecular weight excluding hydrogens is 378 g/mol. The van der Waals surface area contributed by atoms with Crippen molar-refractivity contribution < 1.29 is 14.3 Å². The first-order valence-corrected chi connectivity index (χ1v) is 10.3. The van der Waals surface area contributed by atoms with Crippen molar-refractivity contribution in [2.45, 2.75) is 18.9 Å². The summed E-state index contributed by atoms with van der Waals surface area (Å²) in [6.45, 7) is 1.94. The second-order valence-electron chi connectivity index (χ2n) is 7.85. The van der Waals surface area contributed by atoms with Crippen LogP contribution in [0.1, 0.15) is 18.4 Å². The van der Waals surface area contributed by atoms with E-state index >= 15 is 0 Å². The van der Waals surface area contributed by atoms with Gasteiger partial charge < -0.3 is 14.5 Å². The van der Waals surface area contributed by atoms with E-state index in [1.165, 1.54) is 4.90 Å². The first kappa shape index (κ1) is 20.2. The van der Waals surface area contributed by atoms with E-state index in [9.17, 15) is 9.59 Å². The van der Waals surface area contributed by atoms with Gasteiger partial charge in [-0.05, 0) is 51.2 Å². The van der Waals surface area contributed by atoms with Crippen molar-refractivity contribution in [3.05, 3.63) is 65.9 Å². The number of imide groups is 1. The molecule has 6 heteroatoms. The van der Waals surface area contributed by atoms with E-state index in [2.05, 4.69) is 11.9 Å². The zero-order chi connectivity index (χ0) is 21.3. The van der Waals surface area contributed by atoms with Gasteiger partial charge >= 0.3 is 0 Å². The normalized spacial score (nSPS) is 18.3. The number of likely N-dealkylation sites (tertiary alicyclic amines) is 1. The van der Waals surface area contributed by atoms with Crippen molar-refractivity contribution in [3.63, 3.8) is 0 Å². The SMILES string of the molecule is COc1ccccc1C1=C(N(C)C2CCN(C)CC2)C(=O)N(c2ccccc2)C1=O. The Balaban J connectivity index is 1.82. The number of rotatable bonds is 5. The molecule has 2 aliphatic heterocycles. The van der Waals surface area contributed by atoms with Crippen molar-refractivity contribution >= 4 is 23.1 Å². The molecule has 1 fully saturated rings. The van der Waals surface area contributed by atoms with Gasteiger partial charge in [0.1, 0.15) is 11.4 Å². The van der Waals surface area contributed by atoms with Crippen LogP contribution in [0.25, 0.3) is 5.57 Å². The molecule has 0 N–H and O–H groups in total. The maximum absolute atomic E-state index is 13.6. The fraction of sp³-hybridized carbons (Fsp3) is 0.333. The average Bonchev–Trinajstić information content (AvgIpc) is 3.04. The van der Waals surface area contributed by atoms with E-state index in [0.717, 1.165) is 25.9 Å². The van der Waals surface area contributed by atoms with E-state index in [1.807, 2.05) is 54.4 Å². The van der Waals surface area contributed by atoms with Crippen LogP contribution in [-0.4, -0.2) is 62.0 Å². The standard InChI is InChI=1S/C24H27N3O3/c1-25-15-13-17(14-16-25)26(2)22-21(19-11-7-8-12-20(19)30-3)23(28)27(24(22)29)18-9-5-4-6-10-18/h4-12,17H,13-16H2,1-3H3. The fourth-order valence-electron chi connectivity index (χ4n) is 4.32. The van der Waals surface area contributed by atoms with Gasteiger partial charge in [-0.25, -0.2) is 4.90 Å². The molecule has 4 rings (SSSR count). The number of nitrogens with zero attached hydrogens (tertiary/aromatic N) is 3. The number of carbonyl (C=O) groups is 2. The molecule has 0 unspecified atom stereocenters. The number of ether oxygens (including phenoxy) is 1. The van der Waals surface area contributed by atoms with Crippen LogP contribution in [0.5, 0.6) is 5.75 Å². The topological polar surface area (TPSA) is 53.1 Å². The number of carbonyl (C=O) groups excluding carboxylic acids is 2. The van der Waals surface area contributed by atoms with E-state index in [4.69, 9.17) is 4.74 Å². The highest BCUT2D eigenvalue weighted by Crippen LogP contribution is 2.39. The number of anilines is 1. The van der Waals surface area contributed by atoms with E-state index in [-0.39, 0.29) is 17.9 Å². The molecule has 156 valence electrons. The second kappa shape index (κ2) is 8.32. The van der Waals surface area contributed by atoms with Crippen molar-refractivity contribution in [3.8, 4) is 5.75 Å². The molecule has 2 aromatic rings. The summed E-state index contributed by atoms with van der Waals surface area (Å²) in [5, 5.41) is 0. The molecule has 0 spiro atoms. The molecule has 0 aliphatic carbocycles. The van der Waals surface area contributed by atoms with Gasteiger partial charge in [-0.2, -0.15) is 0 Å². The molecule has 0 radical (unpaired) electrons. The third-order valence-electron chi connectivity index (χ3n) is 6.04. The lowest BCUT2D eigenvalue weighted by atomic mass is 9.99. The molecule has 0 saturated carbocycles. The quantitative estimate of drug-likeness (QED) is 0.716. The van der Waals surface area contributed by atoms with Gasteiger partial charge in [0.15, 0.2) is 0 Å². The highest BCUT2D eigenvalue weighted by molar-refractivity contribution is 6.45. The predicted octanol–water partition coefficient (Wildman–Crippen LogP) is 3.01. The Morgan fingerprint density at radius 1 is 0.933 bits per heavy atom. The Morgan fingerprint density at radius 3 is 2.23 bits per heavy atom. The lowest BCUT2D eigenvalue weighted by molar-refractivity contribution is -0.120. The summed E-state index contributed by atoms with van der Waals surface area (Å²) in [4.78, 5) is 32.8. The predicted molar refractivity (Wildman–Crippen MR) is 117 cm³/mol. The number of hydrogen-bond acceptors (Lipinski definition) is 5. The number of para-hydroxylation sites is 2. The lowest BCUT2D eigenvalue weighted by Gasteiger charge is -2.36. The Kier molecular flexibility index (Phi) is 5.59. The number of hydrogen-bond donors (Lipinski definition) is 0. The highest BCUT2D eigenvalue weighted by atomic mass is 16.5. The van der Waals surface area contributed by atoms with E-state index in [0.29, 0.717) is 28.3 Å². The molecule has 0 atom stereocenters. The van der Waals surface area contributed by atoms with Gasteiger partial charge in [0.05, 0.1) is 18.4 Å². The lowest BCUT2D eigenvalue weighted by Crippen LogP contribution is -2.43. The smallest absolute Gasteiger partial charge is 0.282 e. The molecular formula is C24H27N3O3. The van der Waals surface area contributed by atoms with Crippen molar-refractivity contribution in [1.29, 1.82) is 0 Å². The Bertz CT molecular complexity index is 978. The maximum atomic E-state index is 13.6. The zero-order valence-corrected chi connectivity index (χ0v) is 17.7. The summed E-state index contributed by atoms with van der Waals surface area (Å²) in [5.74, 6) is -0.0168. The van der Waals surface area contributed by atoms with Crippen LogP contribution in [0.4, 0.5) is 5.69 Å². The first-order valence-electron chi connectivity index (χ1n) is 10.3. The van der Waals surface area contributed by atoms with Crippen molar-refractivity contribution in [2.75, 3.05) is 39.2 Å². The number of amides is 2. The molecule has 6 nitrogen and oxygen atoms in total. The Labute approximate surface area is 177 Å². The largest absolute Gasteiger partial charge is 0.496 e. The van der Waals surface area contributed by atoms with Gasteiger partial charge in [0.25, 0.3) is 11.8 Å². The van der Waals surface area contributed by atoms with Crippen LogP contribution in [-0.2, 0) is 9.59 Å². The Morgan fingerprint density at radius 2 is 1.57 bits per heavy atom. The maximum Gasteiger partial charge on any atom is 0.282 e. The van der Waals surface area contributed by atoms with Crippen molar-refractivity contribution in [2.24, 2.45) is 0 Å². The summed E-state index contributed by atoms with van der Waals surface area (Å²) >= 11 is 0. The Hall–Kier alpha value is -3.12. The summed E-state index contributed by atoms with van der Waals surface area (Å²) in [6.07, 6.45) is 1.89. The third kappa shape index (κ3) is 3.48. The monoisotopic (exact) mass is 405 g/mol. The molecule has 2 aliphatic rings. The zero-order valence-electron chi connectivity index (χ0n) is 17.7. The van der Waals surface area contributed by atoms with Crippen LogP contribution >= 0.6 is 0 Å². The first-order chi connectivity index (χ1) is 14.5. The van der Waals surface area contributed by atoms with Crippen LogP contribution in [0.3, 0.4) is 0 Å².